The fourth-order valence-corrected chi connectivity index (χ4v) is 2.65. The molecule has 0 atom stereocenters. The predicted octanol–water partition coefficient (Wildman–Crippen LogP) is 2.90. The average molecular weight is 273 g/mol. The molecule has 2 aromatic heterocycles. The summed E-state index contributed by atoms with van der Waals surface area (Å²) in [4.78, 5) is 4.63. The minimum atomic E-state index is 0.558. The first kappa shape index (κ1) is 12.2. The van der Waals surface area contributed by atoms with E-state index in [1.807, 2.05) is 19.9 Å². The smallest absolute Gasteiger partial charge is 0.171 e. The van der Waals surface area contributed by atoms with Gasteiger partial charge in [-0.2, -0.15) is 10.4 Å². The number of halogens is 1. The topological polar surface area (TPSA) is 54.5 Å². The fourth-order valence-electron chi connectivity index (χ4n) is 2.53. The van der Waals surface area contributed by atoms with Crippen molar-refractivity contribution in [2.24, 2.45) is 0 Å². The van der Waals surface area contributed by atoms with Gasteiger partial charge in [0.1, 0.15) is 6.07 Å². The zero-order chi connectivity index (χ0) is 13.6. The molecule has 0 aromatic carbocycles. The highest BCUT2D eigenvalue weighted by atomic mass is 35.5. The Morgan fingerprint density at radius 1 is 1.37 bits per heavy atom. The molecule has 0 unspecified atom stereocenters. The van der Waals surface area contributed by atoms with Crippen LogP contribution in [0.5, 0.6) is 0 Å². The molecular weight excluding hydrogens is 260 g/mol. The van der Waals surface area contributed by atoms with Crippen molar-refractivity contribution in [3.8, 4) is 11.9 Å². The van der Waals surface area contributed by atoms with Crippen LogP contribution in [0.1, 0.15) is 34.6 Å². The van der Waals surface area contributed by atoms with Crippen LogP contribution >= 0.6 is 11.6 Å². The summed E-state index contributed by atoms with van der Waals surface area (Å²) in [5.74, 6) is 0.593. The summed E-state index contributed by atoms with van der Waals surface area (Å²) in [6.45, 7) is 3.74. The Morgan fingerprint density at radius 3 is 2.79 bits per heavy atom. The second-order valence-corrected chi connectivity index (χ2v) is 5.21. The van der Waals surface area contributed by atoms with Crippen molar-refractivity contribution in [3.05, 3.63) is 39.3 Å². The van der Waals surface area contributed by atoms with Gasteiger partial charge >= 0.3 is 0 Å². The third-order valence-electron chi connectivity index (χ3n) is 3.55. The Kier molecular flexibility index (Phi) is 2.79. The number of nitrogens with zero attached hydrogens (tertiary/aromatic N) is 4. The minimum Gasteiger partial charge on any atom is -0.232 e. The van der Waals surface area contributed by atoms with E-state index in [0.29, 0.717) is 16.4 Å². The maximum Gasteiger partial charge on any atom is 0.171 e. The number of fused-ring (bicyclic) bond motifs is 1. The van der Waals surface area contributed by atoms with Crippen molar-refractivity contribution in [2.45, 2.75) is 33.1 Å². The highest BCUT2D eigenvalue weighted by Gasteiger charge is 2.20. The molecule has 5 heteroatoms. The quantitative estimate of drug-likeness (QED) is 0.802. The Balaban J connectivity index is 2.25. The van der Waals surface area contributed by atoms with E-state index in [0.717, 1.165) is 36.3 Å². The fraction of sp³-hybridized carbons (Fsp3) is 0.357. The van der Waals surface area contributed by atoms with Crippen LogP contribution in [0.15, 0.2) is 6.07 Å². The van der Waals surface area contributed by atoms with Crippen LogP contribution in [0.4, 0.5) is 0 Å². The van der Waals surface area contributed by atoms with Gasteiger partial charge < -0.3 is 0 Å². The zero-order valence-corrected chi connectivity index (χ0v) is 11.6. The number of rotatable bonds is 1. The van der Waals surface area contributed by atoms with Crippen LogP contribution in [0, 0.1) is 25.2 Å². The monoisotopic (exact) mass is 272 g/mol. The van der Waals surface area contributed by atoms with Crippen LogP contribution in [0.25, 0.3) is 5.82 Å². The summed E-state index contributed by atoms with van der Waals surface area (Å²) in [6.07, 6.45) is 3.09. The van der Waals surface area contributed by atoms with E-state index in [2.05, 4.69) is 16.2 Å². The molecule has 0 bridgehead atoms. The van der Waals surface area contributed by atoms with Crippen molar-refractivity contribution in [1.82, 2.24) is 14.8 Å². The normalized spacial score (nSPS) is 13.4. The third-order valence-corrected chi connectivity index (χ3v) is 4.10. The summed E-state index contributed by atoms with van der Waals surface area (Å²) in [6, 6.07) is 4.15. The first-order valence-electron chi connectivity index (χ1n) is 6.27. The van der Waals surface area contributed by atoms with Crippen LogP contribution in [-0.2, 0) is 12.8 Å². The van der Waals surface area contributed by atoms with Gasteiger partial charge in [0.15, 0.2) is 5.82 Å². The summed E-state index contributed by atoms with van der Waals surface area (Å²) in [5.41, 5.74) is 4.40. The molecule has 0 saturated carbocycles. The highest BCUT2D eigenvalue weighted by molar-refractivity contribution is 6.31. The summed E-state index contributed by atoms with van der Waals surface area (Å²) >= 11 is 6.17. The summed E-state index contributed by atoms with van der Waals surface area (Å²) in [7, 11) is 0. The molecule has 1 aliphatic rings. The molecule has 0 fully saturated rings. The van der Waals surface area contributed by atoms with Gasteiger partial charge in [-0.1, -0.05) is 11.6 Å². The van der Waals surface area contributed by atoms with Crippen molar-refractivity contribution in [1.29, 1.82) is 5.26 Å². The van der Waals surface area contributed by atoms with E-state index in [1.54, 1.807) is 4.68 Å². The minimum absolute atomic E-state index is 0.558. The first-order valence-corrected chi connectivity index (χ1v) is 6.64. The van der Waals surface area contributed by atoms with Crippen molar-refractivity contribution < 1.29 is 0 Å². The van der Waals surface area contributed by atoms with Gasteiger partial charge in [0.25, 0.3) is 0 Å². The molecule has 1 aliphatic carbocycles. The van der Waals surface area contributed by atoms with Gasteiger partial charge in [-0.25, -0.2) is 9.67 Å². The molecule has 0 radical (unpaired) electrons. The van der Waals surface area contributed by atoms with E-state index in [-0.39, 0.29) is 0 Å². The van der Waals surface area contributed by atoms with Gasteiger partial charge in [0, 0.05) is 5.69 Å². The molecule has 0 aliphatic heterocycles. The maximum absolute atomic E-state index is 9.31. The number of aromatic nitrogens is 3. The molecule has 4 nitrogen and oxygen atoms in total. The standard InChI is InChI=1S/C14H13ClN4/c1-8-13(15)9(2)19(18-8)14-11(7-16)6-10-4-3-5-12(10)17-14/h6H,3-5H2,1-2H3. The van der Waals surface area contributed by atoms with Crippen molar-refractivity contribution in [2.75, 3.05) is 0 Å². The summed E-state index contributed by atoms with van der Waals surface area (Å²) < 4.78 is 1.68. The lowest BCUT2D eigenvalue weighted by molar-refractivity contribution is 0.793. The highest BCUT2D eigenvalue weighted by Crippen LogP contribution is 2.27. The Bertz CT molecular complexity index is 709. The lowest BCUT2D eigenvalue weighted by Gasteiger charge is -2.08. The second kappa shape index (κ2) is 4.36. The molecule has 2 aromatic rings. The predicted molar refractivity (Wildman–Crippen MR) is 72.6 cm³/mol. The van der Waals surface area contributed by atoms with Gasteiger partial charge in [-0.15, -0.1) is 0 Å². The van der Waals surface area contributed by atoms with Crippen LogP contribution in [0.2, 0.25) is 5.02 Å². The van der Waals surface area contributed by atoms with Gasteiger partial charge in [0.2, 0.25) is 0 Å². The van der Waals surface area contributed by atoms with Gasteiger partial charge in [-0.3, -0.25) is 0 Å². The van der Waals surface area contributed by atoms with E-state index in [9.17, 15) is 5.26 Å². The van der Waals surface area contributed by atoms with Crippen molar-refractivity contribution in [3.63, 3.8) is 0 Å². The van der Waals surface area contributed by atoms with E-state index >= 15 is 0 Å². The molecule has 0 saturated heterocycles. The van der Waals surface area contributed by atoms with Crippen LogP contribution < -0.4 is 0 Å². The number of hydrogen-bond donors (Lipinski definition) is 0. The zero-order valence-electron chi connectivity index (χ0n) is 10.9. The number of nitriles is 1. The van der Waals surface area contributed by atoms with E-state index < -0.39 is 0 Å². The average Bonchev–Trinajstić information content (AvgIpc) is 2.97. The van der Waals surface area contributed by atoms with E-state index in [4.69, 9.17) is 11.6 Å². The molecule has 0 amide bonds. The molecule has 96 valence electrons. The third kappa shape index (κ3) is 1.82. The van der Waals surface area contributed by atoms with Crippen LogP contribution in [-0.4, -0.2) is 14.8 Å². The molecular formula is C14H13ClN4. The maximum atomic E-state index is 9.31. The number of hydrogen-bond acceptors (Lipinski definition) is 3. The Morgan fingerprint density at radius 2 is 2.16 bits per heavy atom. The molecule has 2 heterocycles. The molecule has 0 N–H and O–H groups in total. The number of aryl methyl sites for hydroxylation is 3. The second-order valence-electron chi connectivity index (χ2n) is 4.83. The SMILES string of the molecule is Cc1nn(-c2nc3c(cc2C#N)CCC3)c(C)c1Cl. The molecule has 19 heavy (non-hydrogen) atoms. The lowest BCUT2D eigenvalue weighted by Crippen LogP contribution is -2.07. The first-order chi connectivity index (χ1) is 9.11. The largest absolute Gasteiger partial charge is 0.232 e. The summed E-state index contributed by atoms with van der Waals surface area (Å²) in [5, 5.41) is 14.3. The van der Waals surface area contributed by atoms with Crippen LogP contribution in [0.3, 0.4) is 0 Å². The number of pyridine rings is 1. The van der Waals surface area contributed by atoms with Gasteiger partial charge in [0.05, 0.1) is 22.0 Å². The lowest BCUT2D eigenvalue weighted by atomic mass is 10.1. The van der Waals surface area contributed by atoms with Crippen molar-refractivity contribution >= 4 is 11.6 Å². The van der Waals surface area contributed by atoms with E-state index in [1.165, 1.54) is 5.56 Å². The Labute approximate surface area is 116 Å². The molecule has 3 rings (SSSR count). The molecule has 0 spiro atoms. The Hall–Kier alpha value is -1.86. The van der Waals surface area contributed by atoms with Gasteiger partial charge in [-0.05, 0) is 44.7 Å².